The van der Waals surface area contributed by atoms with Gasteiger partial charge in [-0.3, -0.25) is 9.69 Å². The molecule has 6 heteroatoms. The molecule has 0 bridgehead atoms. The zero-order valence-corrected chi connectivity index (χ0v) is 12.3. The summed E-state index contributed by atoms with van der Waals surface area (Å²) >= 11 is 3.37. The highest BCUT2D eigenvalue weighted by molar-refractivity contribution is 9.10. The second-order valence-electron chi connectivity index (χ2n) is 4.54. The van der Waals surface area contributed by atoms with Gasteiger partial charge in [0.1, 0.15) is 11.9 Å². The molecule has 4 nitrogen and oxygen atoms in total. The van der Waals surface area contributed by atoms with Crippen LogP contribution >= 0.6 is 15.9 Å². The van der Waals surface area contributed by atoms with Gasteiger partial charge < -0.3 is 10.6 Å². The first-order valence-electron chi connectivity index (χ1n) is 6.22. The van der Waals surface area contributed by atoms with Crippen molar-refractivity contribution in [2.24, 2.45) is 0 Å². The Hall–Kier alpha value is -0.980. The second-order valence-corrected chi connectivity index (χ2v) is 5.39. The van der Waals surface area contributed by atoms with Crippen LogP contribution in [0.1, 0.15) is 5.56 Å². The average molecular weight is 330 g/mol. The summed E-state index contributed by atoms with van der Waals surface area (Å²) in [6, 6.07) is 4.46. The third kappa shape index (κ3) is 3.52. The van der Waals surface area contributed by atoms with E-state index in [1.807, 2.05) is 0 Å². The number of rotatable bonds is 3. The summed E-state index contributed by atoms with van der Waals surface area (Å²) in [5.74, 6) is -0.260. The fourth-order valence-electron chi connectivity index (χ4n) is 2.23. The molecule has 1 amide bonds. The predicted molar refractivity (Wildman–Crippen MR) is 75.2 cm³/mol. The van der Waals surface area contributed by atoms with Gasteiger partial charge in [0.2, 0.25) is 5.91 Å². The first kappa shape index (κ1) is 14.4. The Balaban J connectivity index is 2.13. The van der Waals surface area contributed by atoms with E-state index in [4.69, 9.17) is 0 Å². The molecule has 0 saturated carbocycles. The minimum Gasteiger partial charge on any atom is -0.358 e. The number of piperazine rings is 1. The SMILES string of the molecule is CNC(=O)C1CNCCN1Cc1ccc(F)cc1Br. The highest BCUT2D eigenvalue weighted by Gasteiger charge is 2.28. The number of carbonyl (C=O) groups is 1. The van der Waals surface area contributed by atoms with Crippen molar-refractivity contribution < 1.29 is 9.18 Å². The number of benzene rings is 1. The topological polar surface area (TPSA) is 44.4 Å². The lowest BCUT2D eigenvalue weighted by Crippen LogP contribution is -2.56. The standard InChI is InChI=1S/C13H17BrFN3O/c1-16-13(19)12-7-17-4-5-18(12)8-9-2-3-10(15)6-11(9)14/h2-3,6,12,17H,4-5,7-8H2,1H3,(H,16,19). The van der Waals surface area contributed by atoms with Crippen molar-refractivity contribution in [1.82, 2.24) is 15.5 Å². The summed E-state index contributed by atoms with van der Waals surface area (Å²) in [5.41, 5.74) is 0.984. The number of nitrogens with zero attached hydrogens (tertiary/aromatic N) is 1. The number of carbonyl (C=O) groups excluding carboxylic acids is 1. The Labute approximate surface area is 120 Å². The number of nitrogens with one attached hydrogen (secondary N) is 2. The quantitative estimate of drug-likeness (QED) is 0.873. The van der Waals surface area contributed by atoms with Crippen LogP contribution in [0.4, 0.5) is 4.39 Å². The van der Waals surface area contributed by atoms with Gasteiger partial charge in [0.25, 0.3) is 0 Å². The van der Waals surface area contributed by atoms with Crippen molar-refractivity contribution in [3.63, 3.8) is 0 Å². The lowest BCUT2D eigenvalue weighted by molar-refractivity contribution is -0.126. The van der Waals surface area contributed by atoms with Crippen molar-refractivity contribution in [3.05, 3.63) is 34.1 Å². The molecule has 0 aliphatic carbocycles. The van der Waals surface area contributed by atoms with Gasteiger partial charge in [-0.05, 0) is 17.7 Å². The number of hydrogen-bond donors (Lipinski definition) is 2. The fraction of sp³-hybridized carbons (Fsp3) is 0.462. The monoisotopic (exact) mass is 329 g/mol. The van der Waals surface area contributed by atoms with Crippen LogP contribution in [0.5, 0.6) is 0 Å². The largest absolute Gasteiger partial charge is 0.358 e. The molecule has 104 valence electrons. The maximum atomic E-state index is 13.1. The second kappa shape index (κ2) is 6.45. The van der Waals surface area contributed by atoms with Gasteiger partial charge in [0.05, 0.1) is 0 Å². The van der Waals surface area contributed by atoms with Gasteiger partial charge in [-0.25, -0.2) is 4.39 Å². The van der Waals surface area contributed by atoms with Gasteiger partial charge in [-0.15, -0.1) is 0 Å². The molecular formula is C13H17BrFN3O. The van der Waals surface area contributed by atoms with E-state index in [2.05, 4.69) is 31.5 Å². The van der Waals surface area contributed by atoms with Crippen molar-refractivity contribution in [1.29, 1.82) is 0 Å². The maximum absolute atomic E-state index is 13.1. The van der Waals surface area contributed by atoms with Crippen LogP contribution in [0.2, 0.25) is 0 Å². The van der Waals surface area contributed by atoms with Crippen LogP contribution in [0.3, 0.4) is 0 Å². The van der Waals surface area contributed by atoms with Crippen LogP contribution in [0, 0.1) is 5.82 Å². The zero-order chi connectivity index (χ0) is 13.8. The van der Waals surface area contributed by atoms with E-state index in [0.717, 1.165) is 23.1 Å². The predicted octanol–water partition coefficient (Wildman–Crippen LogP) is 1.11. The number of amides is 1. The Morgan fingerprint density at radius 1 is 1.63 bits per heavy atom. The van der Waals surface area contributed by atoms with E-state index in [-0.39, 0.29) is 17.8 Å². The van der Waals surface area contributed by atoms with E-state index in [9.17, 15) is 9.18 Å². The van der Waals surface area contributed by atoms with Gasteiger partial charge >= 0.3 is 0 Å². The van der Waals surface area contributed by atoms with Crippen LogP contribution in [-0.2, 0) is 11.3 Å². The molecular weight excluding hydrogens is 313 g/mol. The first-order chi connectivity index (χ1) is 9.11. The van der Waals surface area contributed by atoms with Crippen LogP contribution < -0.4 is 10.6 Å². The maximum Gasteiger partial charge on any atom is 0.238 e. The summed E-state index contributed by atoms with van der Waals surface area (Å²) in [6.07, 6.45) is 0. The molecule has 2 N–H and O–H groups in total. The first-order valence-corrected chi connectivity index (χ1v) is 7.01. The molecule has 1 aliphatic heterocycles. The Morgan fingerprint density at radius 2 is 2.42 bits per heavy atom. The summed E-state index contributed by atoms with van der Waals surface area (Å²) in [6.45, 7) is 2.91. The molecule has 1 aliphatic rings. The third-order valence-electron chi connectivity index (χ3n) is 3.29. The molecule has 1 fully saturated rings. The lowest BCUT2D eigenvalue weighted by Gasteiger charge is -2.35. The summed E-state index contributed by atoms with van der Waals surface area (Å²) in [4.78, 5) is 13.9. The molecule has 1 atom stereocenters. The molecule has 1 aromatic carbocycles. The van der Waals surface area contributed by atoms with E-state index < -0.39 is 0 Å². The van der Waals surface area contributed by atoms with E-state index in [1.165, 1.54) is 12.1 Å². The van der Waals surface area contributed by atoms with Crippen molar-refractivity contribution in [2.75, 3.05) is 26.7 Å². The van der Waals surface area contributed by atoms with Crippen molar-refractivity contribution >= 4 is 21.8 Å². The minimum absolute atomic E-state index is 0.00503. The molecule has 19 heavy (non-hydrogen) atoms. The number of hydrogen-bond acceptors (Lipinski definition) is 3. The Kier molecular flexibility index (Phi) is 4.90. The normalized spacial score (nSPS) is 20.3. The van der Waals surface area contributed by atoms with E-state index in [1.54, 1.807) is 13.1 Å². The minimum atomic E-state index is -0.265. The molecule has 1 unspecified atom stereocenters. The molecule has 1 heterocycles. The fourth-order valence-corrected chi connectivity index (χ4v) is 2.71. The van der Waals surface area contributed by atoms with Gasteiger partial charge in [-0.2, -0.15) is 0 Å². The van der Waals surface area contributed by atoms with Gasteiger partial charge in [0.15, 0.2) is 0 Å². The molecule has 0 spiro atoms. The Morgan fingerprint density at radius 3 is 3.11 bits per heavy atom. The summed E-state index contributed by atoms with van der Waals surface area (Å²) in [7, 11) is 1.64. The van der Waals surface area contributed by atoms with Gasteiger partial charge in [-0.1, -0.05) is 22.0 Å². The highest BCUT2D eigenvalue weighted by atomic mass is 79.9. The summed E-state index contributed by atoms with van der Waals surface area (Å²) < 4.78 is 13.8. The molecule has 1 saturated heterocycles. The average Bonchev–Trinajstić information content (AvgIpc) is 2.41. The highest BCUT2D eigenvalue weighted by Crippen LogP contribution is 2.21. The molecule has 0 aromatic heterocycles. The smallest absolute Gasteiger partial charge is 0.238 e. The van der Waals surface area contributed by atoms with Crippen molar-refractivity contribution in [3.8, 4) is 0 Å². The number of halogens is 2. The van der Waals surface area contributed by atoms with Crippen LogP contribution in [-0.4, -0.2) is 43.5 Å². The van der Waals surface area contributed by atoms with Crippen molar-refractivity contribution in [2.45, 2.75) is 12.6 Å². The van der Waals surface area contributed by atoms with Gasteiger partial charge in [0, 0.05) is 37.7 Å². The van der Waals surface area contributed by atoms with Crippen LogP contribution in [0.25, 0.3) is 0 Å². The van der Waals surface area contributed by atoms with E-state index >= 15 is 0 Å². The molecule has 0 radical (unpaired) electrons. The summed E-state index contributed by atoms with van der Waals surface area (Å²) in [5, 5.41) is 5.90. The molecule has 1 aromatic rings. The number of likely N-dealkylation sites (N-methyl/N-ethyl adjacent to an activating group) is 1. The Bertz CT molecular complexity index is 469. The van der Waals surface area contributed by atoms with Crippen LogP contribution in [0.15, 0.2) is 22.7 Å². The lowest BCUT2D eigenvalue weighted by atomic mass is 10.1. The third-order valence-corrected chi connectivity index (χ3v) is 4.03. The van der Waals surface area contributed by atoms with E-state index in [0.29, 0.717) is 13.1 Å². The molecule has 2 rings (SSSR count). The zero-order valence-electron chi connectivity index (χ0n) is 10.7.